The van der Waals surface area contributed by atoms with Crippen LogP contribution in [-0.2, 0) is 0 Å². The fourth-order valence-electron chi connectivity index (χ4n) is 2.02. The molecule has 1 aromatic carbocycles. The Labute approximate surface area is 121 Å². The van der Waals surface area contributed by atoms with Crippen molar-refractivity contribution in [1.29, 1.82) is 5.26 Å². The molecule has 1 N–H and O–H groups in total. The Morgan fingerprint density at radius 1 is 1.35 bits per heavy atom. The smallest absolute Gasteiger partial charge is 0.122 e. The summed E-state index contributed by atoms with van der Waals surface area (Å²) in [5.41, 5.74) is 1.06. The van der Waals surface area contributed by atoms with Crippen molar-refractivity contribution in [3.8, 4) is 11.8 Å². The van der Waals surface area contributed by atoms with Crippen LogP contribution in [0.4, 0.5) is 0 Å². The molecule has 2 atom stereocenters. The second-order valence-electron chi connectivity index (χ2n) is 5.11. The van der Waals surface area contributed by atoms with E-state index in [1.165, 1.54) is 0 Å². The quantitative estimate of drug-likeness (QED) is 0.791. The molecule has 0 aliphatic heterocycles. The molecule has 4 heteroatoms. The number of likely N-dealkylation sites (N-methyl/N-ethyl adjacent to an activating group) is 1. The Kier molecular flexibility index (Phi) is 7.06. The van der Waals surface area contributed by atoms with Gasteiger partial charge in [0.1, 0.15) is 18.5 Å². The molecule has 1 rings (SSSR count). The number of para-hydroxylation sites is 1. The molecule has 0 aliphatic carbocycles. The fraction of sp³-hybridized carbons (Fsp3) is 0.562. The summed E-state index contributed by atoms with van der Waals surface area (Å²) in [5.74, 6) is 0.777. The monoisotopic (exact) mass is 276 g/mol. The van der Waals surface area contributed by atoms with E-state index in [1.807, 2.05) is 45.0 Å². The van der Waals surface area contributed by atoms with Crippen LogP contribution in [0, 0.1) is 24.2 Å². The molecule has 1 aromatic rings. The van der Waals surface area contributed by atoms with Crippen LogP contribution in [0.1, 0.15) is 19.4 Å². The minimum Gasteiger partial charge on any atom is -0.491 e. The van der Waals surface area contributed by atoms with Crippen LogP contribution < -0.4 is 4.74 Å². The van der Waals surface area contributed by atoms with Crippen molar-refractivity contribution in [2.45, 2.75) is 26.9 Å². The zero-order chi connectivity index (χ0) is 15.0. The maximum absolute atomic E-state index is 10.0. The van der Waals surface area contributed by atoms with Gasteiger partial charge in [-0.15, -0.1) is 0 Å². The Morgan fingerprint density at radius 2 is 2.05 bits per heavy atom. The number of aliphatic hydroxyl groups is 1. The highest BCUT2D eigenvalue weighted by Gasteiger charge is 2.14. The van der Waals surface area contributed by atoms with Gasteiger partial charge in [0.05, 0.1) is 12.0 Å². The van der Waals surface area contributed by atoms with Crippen molar-refractivity contribution < 1.29 is 9.84 Å². The van der Waals surface area contributed by atoms with Gasteiger partial charge in [-0.2, -0.15) is 5.26 Å². The van der Waals surface area contributed by atoms with E-state index in [0.29, 0.717) is 13.1 Å². The van der Waals surface area contributed by atoms with Crippen LogP contribution in [0.15, 0.2) is 24.3 Å². The van der Waals surface area contributed by atoms with Crippen LogP contribution in [0.5, 0.6) is 5.75 Å². The third kappa shape index (κ3) is 5.60. The van der Waals surface area contributed by atoms with Crippen molar-refractivity contribution in [3.05, 3.63) is 29.8 Å². The lowest BCUT2D eigenvalue weighted by Crippen LogP contribution is -2.37. The molecule has 0 aromatic heterocycles. The molecule has 0 saturated heterocycles. The molecule has 0 bridgehead atoms. The molecular weight excluding hydrogens is 252 g/mol. The first-order chi connectivity index (χ1) is 9.56. The molecule has 0 spiro atoms. The van der Waals surface area contributed by atoms with Gasteiger partial charge in [-0.1, -0.05) is 25.1 Å². The number of aryl methyl sites for hydroxylation is 1. The predicted octanol–water partition coefficient (Wildman–Crippen LogP) is 2.22. The average molecular weight is 276 g/mol. The largest absolute Gasteiger partial charge is 0.491 e. The van der Waals surface area contributed by atoms with E-state index < -0.39 is 6.10 Å². The summed E-state index contributed by atoms with van der Waals surface area (Å²) in [6.07, 6.45) is -0.555. The number of benzene rings is 1. The highest BCUT2D eigenvalue weighted by atomic mass is 16.5. The van der Waals surface area contributed by atoms with E-state index in [-0.39, 0.29) is 12.5 Å². The van der Waals surface area contributed by atoms with Crippen LogP contribution in [0.3, 0.4) is 0 Å². The number of rotatable bonds is 8. The summed E-state index contributed by atoms with van der Waals surface area (Å²) in [6, 6.07) is 9.97. The highest BCUT2D eigenvalue weighted by Crippen LogP contribution is 2.16. The van der Waals surface area contributed by atoms with Gasteiger partial charge in [0.15, 0.2) is 0 Å². The Morgan fingerprint density at radius 3 is 2.65 bits per heavy atom. The summed E-state index contributed by atoms with van der Waals surface area (Å²) in [6.45, 7) is 8.17. The lowest BCUT2D eigenvalue weighted by molar-refractivity contribution is 0.0673. The van der Waals surface area contributed by atoms with Crippen LogP contribution >= 0.6 is 0 Å². The summed E-state index contributed by atoms with van der Waals surface area (Å²) < 4.78 is 5.63. The maximum Gasteiger partial charge on any atom is 0.122 e. The van der Waals surface area contributed by atoms with E-state index in [1.54, 1.807) is 0 Å². The number of nitriles is 1. The normalized spacial score (nSPS) is 13.8. The lowest BCUT2D eigenvalue weighted by Gasteiger charge is -2.24. The van der Waals surface area contributed by atoms with E-state index in [9.17, 15) is 5.11 Å². The Hall–Kier alpha value is -1.57. The minimum absolute atomic E-state index is 0.0283. The molecule has 2 unspecified atom stereocenters. The zero-order valence-corrected chi connectivity index (χ0v) is 12.5. The second-order valence-corrected chi connectivity index (χ2v) is 5.11. The van der Waals surface area contributed by atoms with E-state index in [2.05, 4.69) is 11.0 Å². The minimum atomic E-state index is -0.555. The number of ether oxygens (including phenoxy) is 1. The first-order valence-electron chi connectivity index (χ1n) is 7.05. The molecule has 0 amide bonds. The second kappa shape index (κ2) is 8.57. The van der Waals surface area contributed by atoms with E-state index >= 15 is 0 Å². The molecule has 0 fully saturated rings. The van der Waals surface area contributed by atoms with Gasteiger partial charge < -0.3 is 9.84 Å². The van der Waals surface area contributed by atoms with Gasteiger partial charge in [0.2, 0.25) is 0 Å². The first kappa shape index (κ1) is 16.5. The maximum atomic E-state index is 10.0. The number of hydrogen-bond acceptors (Lipinski definition) is 4. The van der Waals surface area contributed by atoms with Crippen LogP contribution in [-0.4, -0.2) is 42.4 Å². The fourth-order valence-corrected chi connectivity index (χ4v) is 2.02. The molecule has 4 nitrogen and oxygen atoms in total. The van der Waals surface area contributed by atoms with Crippen molar-refractivity contribution in [2.24, 2.45) is 5.92 Å². The van der Waals surface area contributed by atoms with E-state index in [0.717, 1.165) is 17.9 Å². The van der Waals surface area contributed by atoms with Gasteiger partial charge in [-0.3, -0.25) is 4.90 Å². The lowest BCUT2D eigenvalue weighted by atomic mass is 10.2. The highest BCUT2D eigenvalue weighted by molar-refractivity contribution is 5.31. The SMILES string of the molecule is CCN(CC(C)C#N)CC(O)COc1ccccc1C. The standard InChI is InChI=1S/C16H24N2O2/c1-4-18(10-13(2)9-17)11-15(19)12-20-16-8-6-5-7-14(16)3/h5-8,13,15,19H,4,10-12H2,1-3H3. The first-order valence-corrected chi connectivity index (χ1v) is 7.05. The van der Waals surface area contributed by atoms with Crippen molar-refractivity contribution in [1.82, 2.24) is 4.90 Å². The molecular formula is C16H24N2O2. The summed E-state index contributed by atoms with van der Waals surface area (Å²) in [7, 11) is 0. The summed E-state index contributed by atoms with van der Waals surface area (Å²) >= 11 is 0. The van der Waals surface area contributed by atoms with Crippen molar-refractivity contribution in [2.75, 3.05) is 26.2 Å². The average Bonchev–Trinajstić information content (AvgIpc) is 2.45. The van der Waals surface area contributed by atoms with Crippen LogP contribution in [0.2, 0.25) is 0 Å². The van der Waals surface area contributed by atoms with Crippen molar-refractivity contribution >= 4 is 0 Å². The van der Waals surface area contributed by atoms with Gasteiger partial charge in [-0.25, -0.2) is 0 Å². The topological polar surface area (TPSA) is 56.5 Å². The third-order valence-corrected chi connectivity index (χ3v) is 3.19. The predicted molar refractivity (Wildman–Crippen MR) is 79.6 cm³/mol. The Bertz CT molecular complexity index is 442. The number of nitrogens with zero attached hydrogens (tertiary/aromatic N) is 2. The molecule has 0 saturated carbocycles. The summed E-state index contributed by atoms with van der Waals surface area (Å²) in [5, 5.41) is 18.9. The molecule has 20 heavy (non-hydrogen) atoms. The van der Waals surface area contributed by atoms with Crippen LogP contribution in [0.25, 0.3) is 0 Å². The molecule has 110 valence electrons. The van der Waals surface area contributed by atoms with Gasteiger partial charge in [-0.05, 0) is 32.0 Å². The van der Waals surface area contributed by atoms with Gasteiger partial charge in [0, 0.05) is 13.1 Å². The molecule has 0 radical (unpaired) electrons. The third-order valence-electron chi connectivity index (χ3n) is 3.19. The number of aliphatic hydroxyl groups excluding tert-OH is 1. The van der Waals surface area contributed by atoms with Gasteiger partial charge >= 0.3 is 0 Å². The summed E-state index contributed by atoms with van der Waals surface area (Å²) in [4.78, 5) is 2.07. The zero-order valence-electron chi connectivity index (χ0n) is 12.5. The molecule has 0 aliphatic rings. The number of hydrogen-bond donors (Lipinski definition) is 1. The Balaban J connectivity index is 2.41. The van der Waals surface area contributed by atoms with E-state index in [4.69, 9.17) is 10.00 Å². The van der Waals surface area contributed by atoms with Crippen molar-refractivity contribution in [3.63, 3.8) is 0 Å². The van der Waals surface area contributed by atoms with Gasteiger partial charge in [0.25, 0.3) is 0 Å². The molecule has 0 heterocycles.